The summed E-state index contributed by atoms with van der Waals surface area (Å²) in [6.45, 7) is 7.45. The van der Waals surface area contributed by atoms with Crippen LogP contribution in [0.4, 0.5) is 4.79 Å². The molecule has 1 heterocycles. The molecule has 1 saturated carbocycles. The molecular weight excluding hydrogens is 656 g/mol. The molecule has 0 aromatic rings. The fourth-order valence-corrected chi connectivity index (χ4v) is 6.05. The first-order chi connectivity index (χ1) is 23.5. The van der Waals surface area contributed by atoms with Crippen LogP contribution in [0.5, 0.6) is 0 Å². The zero-order valence-corrected chi connectivity index (χ0v) is 29.7. The number of nitrogens with two attached hydrogens (primary N) is 1. The van der Waals surface area contributed by atoms with E-state index in [1.54, 1.807) is 20.8 Å². The molecule has 1 aliphatic heterocycles. The Hall–Kier alpha value is -4.28. The fourth-order valence-electron chi connectivity index (χ4n) is 6.05. The second kappa shape index (κ2) is 20.4. The summed E-state index contributed by atoms with van der Waals surface area (Å²) in [5.74, 6) is -6.76. The van der Waals surface area contributed by atoms with Crippen molar-refractivity contribution in [3.8, 4) is 0 Å². The first-order valence-corrected chi connectivity index (χ1v) is 17.3. The number of carboxylic acid groups (broad SMARTS) is 1. The molecule has 282 valence electrons. The summed E-state index contributed by atoms with van der Waals surface area (Å²) < 4.78 is 10.6. The van der Waals surface area contributed by atoms with Gasteiger partial charge in [-0.05, 0) is 37.0 Å². The Kier molecular flexibility index (Phi) is 17.1. The minimum Gasteiger partial charge on any atom is -0.480 e. The largest absolute Gasteiger partial charge is 0.480 e. The van der Waals surface area contributed by atoms with Gasteiger partial charge < -0.3 is 46.5 Å². The maximum atomic E-state index is 13.8. The third-order valence-electron chi connectivity index (χ3n) is 8.63. The van der Waals surface area contributed by atoms with E-state index < -0.39 is 96.7 Å². The molecule has 5 unspecified atom stereocenters. The number of carboxylic acids is 1. The van der Waals surface area contributed by atoms with Crippen LogP contribution in [-0.4, -0.2) is 114 Å². The lowest BCUT2D eigenvalue weighted by Gasteiger charge is -2.31. The number of rotatable bonds is 19. The number of Topliss-reactive ketones (excluding diaryl/α,β-unsaturated/α-hetero) is 1. The molecule has 0 aromatic carbocycles. The summed E-state index contributed by atoms with van der Waals surface area (Å²) in [6, 6.07) is -4.57. The molecule has 2 aliphatic rings. The second-order valence-corrected chi connectivity index (χ2v) is 13.7. The van der Waals surface area contributed by atoms with Crippen molar-refractivity contribution in [1.82, 2.24) is 26.2 Å². The number of ether oxygens (including phenoxy) is 2. The van der Waals surface area contributed by atoms with E-state index in [1.807, 2.05) is 13.8 Å². The molecule has 17 heteroatoms. The number of nitrogens with zero attached hydrogens (tertiary/aromatic N) is 1. The monoisotopic (exact) mass is 710 g/mol. The van der Waals surface area contributed by atoms with Gasteiger partial charge >= 0.3 is 12.1 Å². The van der Waals surface area contributed by atoms with Crippen LogP contribution in [0, 0.1) is 17.8 Å². The molecule has 17 nitrogen and oxygen atoms in total. The predicted molar refractivity (Wildman–Crippen MR) is 178 cm³/mol. The van der Waals surface area contributed by atoms with Gasteiger partial charge in [-0.15, -0.1) is 0 Å². The Morgan fingerprint density at radius 2 is 1.60 bits per heavy atom. The summed E-state index contributed by atoms with van der Waals surface area (Å²) in [6.07, 6.45) is 2.94. The number of ketones is 1. The zero-order chi connectivity index (χ0) is 37.5. The lowest BCUT2D eigenvalue weighted by molar-refractivity contribution is -0.144. The van der Waals surface area contributed by atoms with Crippen molar-refractivity contribution in [3.05, 3.63) is 0 Å². The van der Waals surface area contributed by atoms with Gasteiger partial charge in [-0.1, -0.05) is 60.3 Å². The maximum Gasteiger partial charge on any atom is 0.407 e. The van der Waals surface area contributed by atoms with E-state index in [0.29, 0.717) is 6.42 Å². The number of carbonyl (C=O) groups excluding carboxylic acids is 7. The molecule has 0 aromatic heterocycles. The van der Waals surface area contributed by atoms with E-state index in [2.05, 4.69) is 21.3 Å². The van der Waals surface area contributed by atoms with Crippen LogP contribution in [0.15, 0.2) is 0 Å². The second-order valence-electron chi connectivity index (χ2n) is 13.7. The highest BCUT2D eigenvalue weighted by Gasteiger charge is 2.44. The summed E-state index contributed by atoms with van der Waals surface area (Å²) in [5.41, 5.74) is 5.51. The van der Waals surface area contributed by atoms with Crippen LogP contribution >= 0.6 is 0 Å². The minimum atomic E-state index is -1.32. The molecule has 0 spiro atoms. The molecule has 2 rings (SSSR count). The molecule has 2 fully saturated rings. The summed E-state index contributed by atoms with van der Waals surface area (Å²) in [5, 5.41) is 19.0. The fraction of sp³-hybridized carbons (Fsp3) is 0.758. The van der Waals surface area contributed by atoms with Crippen LogP contribution in [0.2, 0.25) is 0 Å². The Morgan fingerprint density at radius 1 is 0.940 bits per heavy atom. The number of hydrogen-bond acceptors (Lipinski definition) is 10. The molecule has 1 aliphatic carbocycles. The standard InChI is InChI=1S/C33H54N6O11/c1-6-10-22(28(43)31(46)35-14-24(40)37-27(29(34)44)20-11-8-7-9-12-20)36-30(45)23-13-21(49-17-25(41)42)15-39(23)32(47)26(19(4)5)38-33(48)50-16-18(2)3/h18-23,26-27H,6-17H2,1-5H3,(H2,34,44)(H,35,46)(H,36,45)(H,37,40)(H,38,48)(H,41,42). The maximum absolute atomic E-state index is 13.8. The average molecular weight is 711 g/mol. The number of nitrogens with one attached hydrogen (secondary N) is 4. The van der Waals surface area contributed by atoms with Crippen molar-refractivity contribution >= 4 is 47.4 Å². The van der Waals surface area contributed by atoms with Gasteiger partial charge in [0, 0.05) is 13.0 Å². The third-order valence-corrected chi connectivity index (χ3v) is 8.63. The first kappa shape index (κ1) is 41.9. The molecule has 0 radical (unpaired) electrons. The normalized spacial score (nSPS) is 19.6. The third kappa shape index (κ3) is 13.2. The highest BCUT2D eigenvalue weighted by atomic mass is 16.5. The van der Waals surface area contributed by atoms with E-state index in [-0.39, 0.29) is 37.8 Å². The molecule has 1 saturated heterocycles. The number of primary amides is 1. The van der Waals surface area contributed by atoms with Gasteiger partial charge in [-0.2, -0.15) is 0 Å². The number of likely N-dealkylation sites (tertiary alicyclic amines) is 1. The minimum absolute atomic E-state index is 0.0474. The van der Waals surface area contributed by atoms with Crippen LogP contribution < -0.4 is 27.0 Å². The Morgan fingerprint density at radius 3 is 2.16 bits per heavy atom. The van der Waals surface area contributed by atoms with Gasteiger partial charge in [0.15, 0.2) is 0 Å². The van der Waals surface area contributed by atoms with Gasteiger partial charge in [0.25, 0.3) is 5.91 Å². The molecule has 6 amide bonds. The van der Waals surface area contributed by atoms with Crippen molar-refractivity contribution in [2.24, 2.45) is 23.5 Å². The summed E-state index contributed by atoms with van der Waals surface area (Å²) >= 11 is 0. The first-order valence-electron chi connectivity index (χ1n) is 17.3. The molecule has 7 N–H and O–H groups in total. The number of amides is 6. The molecule has 0 bridgehead atoms. The van der Waals surface area contributed by atoms with E-state index >= 15 is 0 Å². The SMILES string of the molecule is CCCC(NC(=O)C1CC(OCC(=O)O)CN1C(=O)C(NC(=O)OCC(C)C)C(C)C)C(=O)C(=O)NCC(=O)NC(C(N)=O)C1CCCCC1. The van der Waals surface area contributed by atoms with Crippen LogP contribution in [-0.2, 0) is 43.0 Å². The quantitative estimate of drug-likeness (QED) is 0.0972. The number of aliphatic carboxylic acids is 1. The highest BCUT2D eigenvalue weighted by molar-refractivity contribution is 6.38. The number of hydrogen-bond donors (Lipinski definition) is 6. The van der Waals surface area contributed by atoms with Crippen LogP contribution in [0.3, 0.4) is 0 Å². The zero-order valence-electron chi connectivity index (χ0n) is 29.7. The summed E-state index contributed by atoms with van der Waals surface area (Å²) in [7, 11) is 0. The van der Waals surface area contributed by atoms with Gasteiger partial charge in [0.2, 0.25) is 29.4 Å². The predicted octanol–water partition coefficient (Wildman–Crippen LogP) is -0.0155. The Balaban J connectivity index is 2.14. The van der Waals surface area contributed by atoms with E-state index in [9.17, 15) is 38.4 Å². The number of alkyl carbamates (subject to hydrolysis) is 1. The van der Waals surface area contributed by atoms with Crippen molar-refractivity contribution in [2.45, 2.75) is 116 Å². The number of carbonyl (C=O) groups is 8. The van der Waals surface area contributed by atoms with Gasteiger partial charge in [0.05, 0.1) is 25.3 Å². The van der Waals surface area contributed by atoms with Crippen LogP contribution in [0.1, 0.15) is 86.0 Å². The van der Waals surface area contributed by atoms with Gasteiger partial charge in [-0.25, -0.2) is 9.59 Å². The van der Waals surface area contributed by atoms with Crippen molar-refractivity contribution in [1.29, 1.82) is 0 Å². The van der Waals surface area contributed by atoms with E-state index in [4.69, 9.17) is 20.3 Å². The molecule has 50 heavy (non-hydrogen) atoms. The van der Waals surface area contributed by atoms with Crippen molar-refractivity contribution in [3.63, 3.8) is 0 Å². The lowest BCUT2D eigenvalue weighted by atomic mass is 9.83. The Labute approximate surface area is 292 Å². The molecular formula is C33H54N6O11. The Bertz CT molecular complexity index is 1240. The van der Waals surface area contributed by atoms with Gasteiger partial charge in [0.1, 0.15) is 24.7 Å². The molecule has 5 atom stereocenters. The summed E-state index contributed by atoms with van der Waals surface area (Å²) in [4.78, 5) is 103. The average Bonchev–Trinajstić information content (AvgIpc) is 3.50. The van der Waals surface area contributed by atoms with Crippen molar-refractivity contribution in [2.75, 3.05) is 26.3 Å². The van der Waals surface area contributed by atoms with Crippen LogP contribution in [0.25, 0.3) is 0 Å². The smallest absolute Gasteiger partial charge is 0.407 e. The lowest BCUT2D eigenvalue weighted by Crippen LogP contribution is -2.57. The van der Waals surface area contributed by atoms with Crippen molar-refractivity contribution < 1.29 is 52.9 Å². The van der Waals surface area contributed by atoms with E-state index in [1.165, 1.54) is 0 Å². The van der Waals surface area contributed by atoms with Gasteiger partial charge in [-0.3, -0.25) is 28.8 Å². The van der Waals surface area contributed by atoms with E-state index in [0.717, 1.165) is 37.0 Å². The highest BCUT2D eigenvalue weighted by Crippen LogP contribution is 2.27. The topological polar surface area (TPSA) is 253 Å².